The number of rotatable bonds is 5. The maximum atomic E-state index is 10.5. The summed E-state index contributed by atoms with van der Waals surface area (Å²) in [5.74, 6) is 1.08. The summed E-state index contributed by atoms with van der Waals surface area (Å²) in [6.07, 6.45) is 0. The van der Waals surface area contributed by atoms with E-state index in [4.69, 9.17) is 21.3 Å². The molecule has 0 aliphatic carbocycles. The SMILES string of the molecule is COc1ccc2nc3cc(Cl)ccc3c(Nc3ccc(O)c(CN4CCNCC4)c3)c2c1. The van der Waals surface area contributed by atoms with Gasteiger partial charge in [0.15, 0.2) is 0 Å². The van der Waals surface area contributed by atoms with E-state index in [0.29, 0.717) is 17.3 Å². The minimum absolute atomic E-state index is 0.312. The third-order valence-corrected chi connectivity index (χ3v) is 6.13. The van der Waals surface area contributed by atoms with Crippen LogP contribution < -0.4 is 15.4 Å². The summed E-state index contributed by atoms with van der Waals surface area (Å²) in [5, 5.41) is 20.0. The Morgan fingerprint density at radius 1 is 1.03 bits per heavy atom. The van der Waals surface area contributed by atoms with Crippen molar-refractivity contribution in [3.63, 3.8) is 0 Å². The van der Waals surface area contributed by atoms with Crippen molar-refractivity contribution in [3.8, 4) is 11.5 Å². The molecule has 0 bridgehead atoms. The first-order chi connectivity index (χ1) is 15.6. The van der Waals surface area contributed by atoms with Gasteiger partial charge in [-0.25, -0.2) is 4.98 Å². The molecule has 0 atom stereocenters. The van der Waals surface area contributed by atoms with Gasteiger partial charge in [-0.2, -0.15) is 0 Å². The lowest BCUT2D eigenvalue weighted by atomic mass is 10.1. The molecule has 0 amide bonds. The molecule has 1 saturated heterocycles. The van der Waals surface area contributed by atoms with E-state index in [-0.39, 0.29) is 0 Å². The first-order valence-corrected chi connectivity index (χ1v) is 11.1. The van der Waals surface area contributed by atoms with Crippen LogP contribution in [0.15, 0.2) is 54.6 Å². The molecule has 0 radical (unpaired) electrons. The number of ether oxygens (including phenoxy) is 1. The molecule has 0 unspecified atom stereocenters. The zero-order valence-electron chi connectivity index (χ0n) is 17.9. The first kappa shape index (κ1) is 20.8. The van der Waals surface area contributed by atoms with Gasteiger partial charge in [-0.1, -0.05) is 11.6 Å². The summed E-state index contributed by atoms with van der Waals surface area (Å²) in [6, 6.07) is 17.2. The molecule has 164 valence electrons. The normalized spacial score (nSPS) is 14.7. The molecule has 1 aliphatic heterocycles. The summed E-state index contributed by atoms with van der Waals surface area (Å²) in [6.45, 7) is 4.59. The molecule has 5 rings (SSSR count). The third-order valence-electron chi connectivity index (χ3n) is 5.90. The molecular formula is C25H25ClN4O2. The highest BCUT2D eigenvalue weighted by molar-refractivity contribution is 6.31. The van der Waals surface area contributed by atoms with Gasteiger partial charge in [-0.3, -0.25) is 4.90 Å². The number of nitrogens with one attached hydrogen (secondary N) is 2. The van der Waals surface area contributed by atoms with Crippen molar-refractivity contribution >= 4 is 44.8 Å². The lowest BCUT2D eigenvalue weighted by Crippen LogP contribution is -2.42. The van der Waals surface area contributed by atoms with E-state index in [1.165, 1.54) is 0 Å². The van der Waals surface area contributed by atoms with Gasteiger partial charge >= 0.3 is 0 Å². The summed E-state index contributed by atoms with van der Waals surface area (Å²) in [7, 11) is 1.66. The Kier molecular flexibility index (Phi) is 5.74. The molecule has 3 N–H and O–H groups in total. The Balaban J connectivity index is 1.58. The number of hydrogen-bond acceptors (Lipinski definition) is 6. The molecular weight excluding hydrogens is 424 g/mol. The van der Waals surface area contributed by atoms with Crippen molar-refractivity contribution in [2.45, 2.75) is 6.54 Å². The van der Waals surface area contributed by atoms with Gasteiger partial charge in [0.25, 0.3) is 0 Å². The lowest BCUT2D eigenvalue weighted by molar-refractivity contribution is 0.230. The van der Waals surface area contributed by atoms with Crippen LogP contribution in [0.4, 0.5) is 11.4 Å². The van der Waals surface area contributed by atoms with Crippen molar-refractivity contribution in [1.29, 1.82) is 0 Å². The van der Waals surface area contributed by atoms with Gasteiger partial charge in [0.05, 0.1) is 23.8 Å². The Morgan fingerprint density at radius 3 is 2.69 bits per heavy atom. The number of phenolic OH excluding ortho intramolecular Hbond substituents is 1. The number of aromatic hydroxyl groups is 1. The zero-order chi connectivity index (χ0) is 22.1. The topological polar surface area (TPSA) is 69.6 Å². The van der Waals surface area contributed by atoms with Crippen molar-refractivity contribution in [2.75, 3.05) is 38.6 Å². The van der Waals surface area contributed by atoms with Crippen LogP contribution >= 0.6 is 11.6 Å². The van der Waals surface area contributed by atoms with Crippen molar-refractivity contribution in [3.05, 3.63) is 65.2 Å². The number of phenols is 1. The van der Waals surface area contributed by atoms with Gasteiger partial charge in [0, 0.05) is 59.8 Å². The van der Waals surface area contributed by atoms with Crippen LogP contribution in [-0.2, 0) is 6.54 Å². The van der Waals surface area contributed by atoms with E-state index in [9.17, 15) is 5.11 Å². The highest BCUT2D eigenvalue weighted by Crippen LogP contribution is 2.36. The number of piperazine rings is 1. The van der Waals surface area contributed by atoms with Crippen LogP contribution in [0.1, 0.15) is 5.56 Å². The molecule has 1 aliphatic rings. The third kappa shape index (κ3) is 4.17. The molecule has 3 aromatic carbocycles. The zero-order valence-corrected chi connectivity index (χ0v) is 18.6. The number of benzene rings is 3. The molecule has 0 spiro atoms. The average Bonchev–Trinajstić information content (AvgIpc) is 2.81. The molecule has 1 aromatic heterocycles. The van der Waals surface area contributed by atoms with E-state index < -0.39 is 0 Å². The molecule has 6 nitrogen and oxygen atoms in total. The second kappa shape index (κ2) is 8.82. The van der Waals surface area contributed by atoms with E-state index in [1.807, 2.05) is 48.5 Å². The van der Waals surface area contributed by atoms with Gasteiger partial charge < -0.3 is 20.5 Å². The summed E-state index contributed by atoms with van der Waals surface area (Å²) in [4.78, 5) is 7.14. The Bertz CT molecular complexity index is 1290. The second-order valence-corrected chi connectivity index (χ2v) is 8.46. The fourth-order valence-electron chi connectivity index (χ4n) is 4.20. The van der Waals surface area contributed by atoms with Gasteiger partial charge in [-0.15, -0.1) is 0 Å². The van der Waals surface area contributed by atoms with Crippen molar-refractivity contribution in [1.82, 2.24) is 15.2 Å². The molecule has 0 saturated carbocycles. The number of halogens is 1. The number of hydrogen-bond donors (Lipinski definition) is 3. The minimum atomic E-state index is 0.312. The van der Waals surface area contributed by atoms with E-state index >= 15 is 0 Å². The predicted molar refractivity (Wildman–Crippen MR) is 130 cm³/mol. The standard InChI is InChI=1S/C25H25ClN4O2/c1-32-19-4-6-22-21(14-19)25(20-5-2-17(26)13-23(20)29-22)28-18-3-7-24(31)16(12-18)15-30-10-8-27-9-11-30/h2-7,12-14,27,31H,8-11,15H2,1H3,(H,28,29). The monoisotopic (exact) mass is 448 g/mol. The van der Waals surface area contributed by atoms with Crippen LogP contribution in [0, 0.1) is 0 Å². The maximum Gasteiger partial charge on any atom is 0.120 e. The Morgan fingerprint density at radius 2 is 1.88 bits per heavy atom. The molecule has 32 heavy (non-hydrogen) atoms. The van der Waals surface area contributed by atoms with Crippen LogP contribution in [0.25, 0.3) is 21.8 Å². The Labute approximate surface area is 191 Å². The fourth-order valence-corrected chi connectivity index (χ4v) is 4.37. The van der Waals surface area contributed by atoms with Gasteiger partial charge in [-0.05, 0) is 54.6 Å². The highest BCUT2D eigenvalue weighted by atomic mass is 35.5. The smallest absolute Gasteiger partial charge is 0.120 e. The quantitative estimate of drug-likeness (QED) is 0.298. The summed E-state index contributed by atoms with van der Waals surface area (Å²) >= 11 is 6.24. The number of fused-ring (bicyclic) bond motifs is 2. The predicted octanol–water partition coefficient (Wildman–Crippen LogP) is 4.90. The van der Waals surface area contributed by atoms with E-state index in [1.54, 1.807) is 13.2 Å². The van der Waals surface area contributed by atoms with E-state index in [0.717, 1.165) is 70.7 Å². The number of anilines is 2. The lowest BCUT2D eigenvalue weighted by Gasteiger charge is -2.27. The first-order valence-electron chi connectivity index (χ1n) is 10.7. The molecule has 2 heterocycles. The van der Waals surface area contributed by atoms with Crippen LogP contribution in [0.2, 0.25) is 5.02 Å². The van der Waals surface area contributed by atoms with Crippen LogP contribution in [0.5, 0.6) is 11.5 Å². The number of methoxy groups -OCH3 is 1. The van der Waals surface area contributed by atoms with Gasteiger partial charge in [0.2, 0.25) is 0 Å². The minimum Gasteiger partial charge on any atom is -0.508 e. The van der Waals surface area contributed by atoms with Crippen molar-refractivity contribution in [2.24, 2.45) is 0 Å². The second-order valence-electron chi connectivity index (χ2n) is 8.03. The van der Waals surface area contributed by atoms with E-state index in [2.05, 4.69) is 15.5 Å². The number of pyridine rings is 1. The number of aromatic nitrogens is 1. The summed E-state index contributed by atoms with van der Waals surface area (Å²) in [5.41, 5.74) is 4.40. The summed E-state index contributed by atoms with van der Waals surface area (Å²) < 4.78 is 5.46. The van der Waals surface area contributed by atoms with Crippen LogP contribution in [0.3, 0.4) is 0 Å². The fraction of sp³-hybridized carbons (Fsp3) is 0.240. The molecule has 7 heteroatoms. The largest absolute Gasteiger partial charge is 0.508 e. The van der Waals surface area contributed by atoms with Gasteiger partial charge in [0.1, 0.15) is 11.5 Å². The molecule has 4 aromatic rings. The number of nitrogens with zero attached hydrogens (tertiary/aromatic N) is 2. The average molecular weight is 449 g/mol. The van der Waals surface area contributed by atoms with Crippen molar-refractivity contribution < 1.29 is 9.84 Å². The maximum absolute atomic E-state index is 10.5. The molecule has 1 fully saturated rings. The Hall–Kier alpha value is -3.06. The highest BCUT2D eigenvalue weighted by Gasteiger charge is 2.15. The van der Waals surface area contributed by atoms with Crippen LogP contribution in [-0.4, -0.2) is 48.3 Å².